The third kappa shape index (κ3) is 2.28. The van der Waals surface area contributed by atoms with E-state index >= 15 is 0 Å². The summed E-state index contributed by atoms with van der Waals surface area (Å²) in [5, 5.41) is 3.38. The summed E-state index contributed by atoms with van der Waals surface area (Å²) in [4.78, 5) is 9.44. The van der Waals surface area contributed by atoms with Gasteiger partial charge in [0.2, 0.25) is 0 Å². The second-order valence-electron chi connectivity index (χ2n) is 5.35. The predicted molar refractivity (Wildman–Crippen MR) is 74.0 cm³/mol. The van der Waals surface area contributed by atoms with E-state index in [0.29, 0.717) is 5.92 Å². The van der Waals surface area contributed by atoms with Gasteiger partial charge in [0.15, 0.2) is 5.76 Å². The smallest absolute Gasteiger partial charge is 0.153 e. The van der Waals surface area contributed by atoms with Crippen LogP contribution in [0.1, 0.15) is 42.6 Å². The molecule has 0 spiro atoms. The fraction of sp³-hybridized carbons (Fsp3) is 0.467. The van der Waals surface area contributed by atoms with E-state index in [1.165, 1.54) is 11.3 Å². The molecular weight excluding hydrogens is 238 g/mol. The molecule has 0 radical (unpaired) electrons. The van der Waals surface area contributed by atoms with Gasteiger partial charge in [-0.05, 0) is 19.1 Å². The topological polar surface area (TPSA) is 51.0 Å². The third-order valence-electron chi connectivity index (χ3n) is 3.44. The van der Waals surface area contributed by atoms with Crippen LogP contribution in [0.4, 0.5) is 0 Å². The molecule has 1 aliphatic heterocycles. The van der Waals surface area contributed by atoms with E-state index in [1.807, 2.05) is 19.1 Å². The van der Waals surface area contributed by atoms with Crippen molar-refractivity contribution in [1.29, 1.82) is 0 Å². The maximum absolute atomic E-state index is 5.75. The van der Waals surface area contributed by atoms with E-state index in [0.717, 1.165) is 42.5 Å². The van der Waals surface area contributed by atoms with Gasteiger partial charge < -0.3 is 9.73 Å². The SMILES string of the molecule is Cc1ccc(-c2nc(C(C)C)nc3c2CNCC3)o1. The Hall–Kier alpha value is -1.68. The lowest BCUT2D eigenvalue weighted by Gasteiger charge is -2.20. The van der Waals surface area contributed by atoms with Crippen LogP contribution in [0.15, 0.2) is 16.5 Å². The number of hydrogen-bond acceptors (Lipinski definition) is 4. The summed E-state index contributed by atoms with van der Waals surface area (Å²) >= 11 is 0. The molecule has 3 heterocycles. The Labute approximate surface area is 113 Å². The zero-order valence-electron chi connectivity index (χ0n) is 11.7. The molecule has 0 fully saturated rings. The average Bonchev–Trinajstić information content (AvgIpc) is 2.84. The Morgan fingerprint density at radius 3 is 2.79 bits per heavy atom. The molecule has 1 aliphatic rings. The number of aryl methyl sites for hydroxylation is 1. The van der Waals surface area contributed by atoms with Gasteiger partial charge in [-0.3, -0.25) is 0 Å². The first-order chi connectivity index (χ1) is 9.15. The molecule has 0 bridgehead atoms. The van der Waals surface area contributed by atoms with Crippen LogP contribution in [0, 0.1) is 6.92 Å². The van der Waals surface area contributed by atoms with Crippen molar-refractivity contribution < 1.29 is 4.42 Å². The molecule has 4 nitrogen and oxygen atoms in total. The maximum atomic E-state index is 5.75. The van der Waals surface area contributed by atoms with Crippen LogP contribution >= 0.6 is 0 Å². The molecule has 0 atom stereocenters. The maximum Gasteiger partial charge on any atom is 0.153 e. The van der Waals surface area contributed by atoms with Crippen molar-refractivity contribution in [3.8, 4) is 11.5 Å². The molecule has 2 aromatic heterocycles. The number of nitrogens with zero attached hydrogens (tertiary/aromatic N) is 2. The number of hydrogen-bond donors (Lipinski definition) is 1. The molecule has 0 amide bonds. The van der Waals surface area contributed by atoms with E-state index in [1.54, 1.807) is 0 Å². The van der Waals surface area contributed by atoms with Gasteiger partial charge in [-0.25, -0.2) is 9.97 Å². The van der Waals surface area contributed by atoms with E-state index in [9.17, 15) is 0 Å². The highest BCUT2D eigenvalue weighted by molar-refractivity contribution is 5.59. The molecule has 100 valence electrons. The lowest BCUT2D eigenvalue weighted by atomic mass is 10.0. The first kappa shape index (κ1) is 12.4. The summed E-state index contributed by atoms with van der Waals surface area (Å²) in [6.45, 7) is 8.01. The molecule has 3 rings (SSSR count). The molecule has 0 saturated carbocycles. The van der Waals surface area contributed by atoms with Crippen LogP contribution in [-0.2, 0) is 13.0 Å². The van der Waals surface area contributed by atoms with E-state index in [-0.39, 0.29) is 0 Å². The minimum absolute atomic E-state index is 0.329. The van der Waals surface area contributed by atoms with Gasteiger partial charge in [-0.15, -0.1) is 0 Å². The average molecular weight is 257 g/mol. The van der Waals surface area contributed by atoms with Crippen molar-refractivity contribution in [1.82, 2.24) is 15.3 Å². The molecule has 1 N–H and O–H groups in total. The second kappa shape index (κ2) is 4.78. The first-order valence-corrected chi connectivity index (χ1v) is 6.82. The first-order valence-electron chi connectivity index (χ1n) is 6.82. The predicted octanol–water partition coefficient (Wildman–Crippen LogP) is 2.81. The zero-order valence-corrected chi connectivity index (χ0v) is 11.7. The Bertz CT molecular complexity index is 601. The van der Waals surface area contributed by atoms with E-state index in [2.05, 4.69) is 19.2 Å². The van der Waals surface area contributed by atoms with Gasteiger partial charge in [0.25, 0.3) is 0 Å². The number of rotatable bonds is 2. The van der Waals surface area contributed by atoms with Crippen LogP contribution in [-0.4, -0.2) is 16.5 Å². The van der Waals surface area contributed by atoms with Crippen molar-refractivity contribution in [3.63, 3.8) is 0 Å². The van der Waals surface area contributed by atoms with Crippen molar-refractivity contribution in [2.24, 2.45) is 0 Å². The number of aromatic nitrogens is 2. The quantitative estimate of drug-likeness (QED) is 0.898. The van der Waals surface area contributed by atoms with Crippen LogP contribution in [0.3, 0.4) is 0 Å². The summed E-state index contributed by atoms with van der Waals surface area (Å²) in [5.74, 6) is 3.00. The van der Waals surface area contributed by atoms with Crippen LogP contribution in [0.25, 0.3) is 11.5 Å². The number of fused-ring (bicyclic) bond motifs is 1. The minimum Gasteiger partial charge on any atom is -0.460 e. The third-order valence-corrected chi connectivity index (χ3v) is 3.44. The highest BCUT2D eigenvalue weighted by Gasteiger charge is 2.21. The van der Waals surface area contributed by atoms with Gasteiger partial charge in [-0.1, -0.05) is 13.8 Å². The summed E-state index contributed by atoms with van der Waals surface area (Å²) in [5.41, 5.74) is 3.31. The molecule has 0 unspecified atom stereocenters. The summed E-state index contributed by atoms with van der Waals surface area (Å²) < 4.78 is 5.75. The Morgan fingerprint density at radius 1 is 1.26 bits per heavy atom. The summed E-state index contributed by atoms with van der Waals surface area (Å²) in [7, 11) is 0. The molecule has 0 aromatic carbocycles. The van der Waals surface area contributed by atoms with Gasteiger partial charge in [0, 0.05) is 31.0 Å². The van der Waals surface area contributed by atoms with Gasteiger partial charge in [0.1, 0.15) is 17.3 Å². The Morgan fingerprint density at radius 2 is 2.11 bits per heavy atom. The highest BCUT2D eigenvalue weighted by Crippen LogP contribution is 2.28. The van der Waals surface area contributed by atoms with Gasteiger partial charge >= 0.3 is 0 Å². The minimum atomic E-state index is 0.329. The van der Waals surface area contributed by atoms with Crippen molar-refractivity contribution in [3.05, 3.63) is 35.0 Å². The molecular formula is C15H19N3O. The normalized spacial score (nSPS) is 14.7. The monoisotopic (exact) mass is 257 g/mol. The Kier molecular flexibility index (Phi) is 3.11. The van der Waals surface area contributed by atoms with Crippen molar-refractivity contribution in [2.75, 3.05) is 6.54 Å². The van der Waals surface area contributed by atoms with Crippen LogP contribution in [0.5, 0.6) is 0 Å². The summed E-state index contributed by atoms with van der Waals surface area (Å²) in [6.07, 6.45) is 0.963. The van der Waals surface area contributed by atoms with E-state index in [4.69, 9.17) is 14.4 Å². The summed E-state index contributed by atoms with van der Waals surface area (Å²) in [6, 6.07) is 3.98. The molecule has 2 aromatic rings. The fourth-order valence-electron chi connectivity index (χ4n) is 2.39. The zero-order chi connectivity index (χ0) is 13.4. The molecule has 19 heavy (non-hydrogen) atoms. The Balaban J connectivity index is 2.18. The number of nitrogens with one attached hydrogen (secondary N) is 1. The van der Waals surface area contributed by atoms with Gasteiger partial charge in [0.05, 0.1) is 5.69 Å². The number of furan rings is 1. The molecule has 4 heteroatoms. The molecule has 0 saturated heterocycles. The fourth-order valence-corrected chi connectivity index (χ4v) is 2.39. The van der Waals surface area contributed by atoms with Gasteiger partial charge in [-0.2, -0.15) is 0 Å². The van der Waals surface area contributed by atoms with Crippen molar-refractivity contribution in [2.45, 2.75) is 39.7 Å². The largest absolute Gasteiger partial charge is 0.460 e. The van der Waals surface area contributed by atoms with Crippen LogP contribution < -0.4 is 5.32 Å². The second-order valence-corrected chi connectivity index (χ2v) is 5.35. The van der Waals surface area contributed by atoms with E-state index < -0.39 is 0 Å². The highest BCUT2D eigenvalue weighted by atomic mass is 16.3. The molecule has 0 aliphatic carbocycles. The lowest BCUT2D eigenvalue weighted by molar-refractivity contribution is 0.540. The van der Waals surface area contributed by atoms with Crippen molar-refractivity contribution >= 4 is 0 Å². The standard InChI is InChI=1S/C15H19N3O/c1-9(2)15-17-12-6-7-16-8-11(12)14(18-15)13-5-4-10(3)19-13/h4-5,9,16H,6-8H2,1-3H3. The van der Waals surface area contributed by atoms with Crippen LogP contribution in [0.2, 0.25) is 0 Å². The lowest BCUT2D eigenvalue weighted by Crippen LogP contribution is -2.26.